The van der Waals surface area contributed by atoms with Crippen molar-refractivity contribution in [3.05, 3.63) is 0 Å². The van der Waals surface area contributed by atoms with Crippen LogP contribution in [0.1, 0.15) is 20.8 Å². The van der Waals surface area contributed by atoms with E-state index in [1.54, 1.807) is 0 Å². The van der Waals surface area contributed by atoms with Crippen LogP contribution in [0, 0.1) is 11.8 Å². The van der Waals surface area contributed by atoms with Crippen molar-refractivity contribution in [2.24, 2.45) is 11.8 Å². The summed E-state index contributed by atoms with van der Waals surface area (Å²) in [4.78, 5) is 24.2. The molecule has 0 N–H and O–H groups in total. The molecule has 0 bridgehead atoms. The largest absolute Gasteiger partial charge is 0.278 e. The minimum atomic E-state index is -0.282. The standard InChI is InChI=1S/C9H14ClNO2/c1-5-6(2)9(13)11(7(5)3)8(12)4-10/h5-7H,4H2,1-3H3. The maximum absolute atomic E-state index is 11.6. The molecule has 1 saturated heterocycles. The van der Waals surface area contributed by atoms with Crippen molar-refractivity contribution in [3.8, 4) is 0 Å². The first-order chi connectivity index (χ1) is 6.00. The number of imide groups is 1. The molecule has 0 aliphatic carbocycles. The van der Waals surface area contributed by atoms with E-state index in [1.165, 1.54) is 4.90 Å². The highest BCUT2D eigenvalue weighted by Gasteiger charge is 2.43. The zero-order valence-electron chi connectivity index (χ0n) is 8.08. The number of alkyl halides is 1. The van der Waals surface area contributed by atoms with Gasteiger partial charge in [0, 0.05) is 12.0 Å². The predicted octanol–water partition coefficient (Wildman–Crippen LogP) is 1.25. The van der Waals surface area contributed by atoms with E-state index in [4.69, 9.17) is 11.6 Å². The van der Waals surface area contributed by atoms with Gasteiger partial charge in [-0.05, 0) is 12.8 Å². The maximum atomic E-state index is 11.6. The Morgan fingerprint density at radius 2 is 2.00 bits per heavy atom. The summed E-state index contributed by atoms with van der Waals surface area (Å²) < 4.78 is 0. The molecule has 3 unspecified atom stereocenters. The lowest BCUT2D eigenvalue weighted by Crippen LogP contribution is -2.39. The highest BCUT2D eigenvalue weighted by molar-refractivity contribution is 6.28. The van der Waals surface area contributed by atoms with Crippen LogP contribution in [0.5, 0.6) is 0 Å². The predicted molar refractivity (Wildman–Crippen MR) is 50.4 cm³/mol. The molecule has 1 rings (SSSR count). The van der Waals surface area contributed by atoms with E-state index in [1.807, 2.05) is 20.8 Å². The van der Waals surface area contributed by atoms with Crippen molar-refractivity contribution < 1.29 is 9.59 Å². The fourth-order valence-corrected chi connectivity index (χ4v) is 1.84. The summed E-state index contributed by atoms with van der Waals surface area (Å²) in [6, 6.07) is -0.0197. The molecule has 3 atom stereocenters. The van der Waals surface area contributed by atoms with Crippen molar-refractivity contribution in [2.75, 3.05) is 5.88 Å². The number of hydrogen-bond donors (Lipinski definition) is 0. The number of carbonyl (C=O) groups excluding carboxylic acids is 2. The Balaban J connectivity index is 2.87. The van der Waals surface area contributed by atoms with Gasteiger partial charge >= 0.3 is 0 Å². The first-order valence-electron chi connectivity index (χ1n) is 4.42. The molecule has 0 aromatic carbocycles. The van der Waals surface area contributed by atoms with Crippen LogP contribution in [-0.2, 0) is 9.59 Å². The van der Waals surface area contributed by atoms with E-state index in [2.05, 4.69) is 0 Å². The monoisotopic (exact) mass is 203 g/mol. The molecule has 1 aliphatic rings. The third kappa shape index (κ3) is 1.57. The summed E-state index contributed by atoms with van der Waals surface area (Å²) >= 11 is 5.41. The van der Waals surface area contributed by atoms with Crippen LogP contribution in [0.15, 0.2) is 0 Å². The molecule has 4 heteroatoms. The van der Waals surface area contributed by atoms with Crippen LogP contribution in [0.4, 0.5) is 0 Å². The average Bonchev–Trinajstić information content (AvgIpc) is 2.30. The Labute approximate surface area is 83.0 Å². The Bertz CT molecular complexity index is 242. The van der Waals surface area contributed by atoms with E-state index in [-0.39, 0.29) is 35.6 Å². The average molecular weight is 204 g/mol. The zero-order valence-corrected chi connectivity index (χ0v) is 8.84. The van der Waals surface area contributed by atoms with Gasteiger partial charge < -0.3 is 0 Å². The molecule has 74 valence electrons. The lowest BCUT2D eigenvalue weighted by molar-refractivity contribution is -0.143. The second-order valence-electron chi connectivity index (χ2n) is 3.62. The van der Waals surface area contributed by atoms with Gasteiger partial charge in [-0.15, -0.1) is 11.6 Å². The van der Waals surface area contributed by atoms with Gasteiger partial charge in [0.1, 0.15) is 5.88 Å². The van der Waals surface area contributed by atoms with Gasteiger partial charge in [-0.2, -0.15) is 0 Å². The molecular weight excluding hydrogens is 190 g/mol. The number of nitrogens with zero attached hydrogens (tertiary/aromatic N) is 1. The Morgan fingerprint density at radius 3 is 2.31 bits per heavy atom. The minimum Gasteiger partial charge on any atom is -0.278 e. The van der Waals surface area contributed by atoms with Crippen molar-refractivity contribution >= 4 is 23.4 Å². The molecule has 0 aromatic rings. The number of halogens is 1. The second kappa shape index (κ2) is 3.66. The molecular formula is C9H14ClNO2. The molecule has 0 spiro atoms. The van der Waals surface area contributed by atoms with Crippen LogP contribution in [0.3, 0.4) is 0 Å². The van der Waals surface area contributed by atoms with Crippen molar-refractivity contribution in [2.45, 2.75) is 26.8 Å². The summed E-state index contributed by atoms with van der Waals surface area (Å²) in [7, 11) is 0. The minimum absolute atomic E-state index is 0.0197. The first kappa shape index (κ1) is 10.5. The second-order valence-corrected chi connectivity index (χ2v) is 3.89. The molecule has 1 aliphatic heterocycles. The van der Waals surface area contributed by atoms with Crippen LogP contribution in [0.2, 0.25) is 0 Å². The van der Waals surface area contributed by atoms with Gasteiger partial charge in [-0.3, -0.25) is 14.5 Å². The topological polar surface area (TPSA) is 37.4 Å². The molecule has 0 radical (unpaired) electrons. The fourth-order valence-electron chi connectivity index (χ4n) is 1.71. The Hall–Kier alpha value is -0.570. The number of hydrogen-bond acceptors (Lipinski definition) is 2. The molecule has 3 nitrogen and oxygen atoms in total. The number of rotatable bonds is 1. The van der Waals surface area contributed by atoms with E-state index in [0.29, 0.717) is 0 Å². The lowest BCUT2D eigenvalue weighted by atomic mass is 9.95. The van der Waals surface area contributed by atoms with Gasteiger partial charge in [-0.25, -0.2) is 0 Å². The number of amides is 2. The van der Waals surface area contributed by atoms with Gasteiger partial charge in [0.15, 0.2) is 0 Å². The van der Waals surface area contributed by atoms with E-state index >= 15 is 0 Å². The molecule has 1 heterocycles. The third-order valence-corrected chi connectivity index (χ3v) is 3.20. The summed E-state index contributed by atoms with van der Waals surface area (Å²) in [5, 5.41) is 0. The summed E-state index contributed by atoms with van der Waals surface area (Å²) in [6.07, 6.45) is 0. The highest BCUT2D eigenvalue weighted by atomic mass is 35.5. The first-order valence-corrected chi connectivity index (χ1v) is 4.96. The van der Waals surface area contributed by atoms with Gasteiger partial charge in [0.05, 0.1) is 0 Å². The van der Waals surface area contributed by atoms with E-state index < -0.39 is 0 Å². The SMILES string of the molecule is CC1C(=O)N(C(=O)CCl)C(C)C1C. The van der Waals surface area contributed by atoms with E-state index in [0.717, 1.165) is 0 Å². The van der Waals surface area contributed by atoms with Crippen LogP contribution in [0.25, 0.3) is 0 Å². The number of carbonyl (C=O) groups is 2. The third-order valence-electron chi connectivity index (χ3n) is 2.97. The van der Waals surface area contributed by atoms with E-state index in [9.17, 15) is 9.59 Å². The summed E-state index contributed by atoms with van der Waals surface area (Å²) in [6.45, 7) is 5.72. The molecule has 13 heavy (non-hydrogen) atoms. The molecule has 0 aromatic heterocycles. The molecule has 0 saturated carbocycles. The van der Waals surface area contributed by atoms with Crippen molar-refractivity contribution in [3.63, 3.8) is 0 Å². The summed E-state index contributed by atoms with van der Waals surface area (Å²) in [5.41, 5.74) is 0. The Kier molecular flexibility index (Phi) is 2.96. The van der Waals surface area contributed by atoms with Gasteiger partial charge in [0.2, 0.25) is 11.8 Å². The highest BCUT2D eigenvalue weighted by Crippen LogP contribution is 2.30. The summed E-state index contributed by atoms with van der Waals surface area (Å²) in [5.74, 6) is -0.335. The van der Waals surface area contributed by atoms with Crippen molar-refractivity contribution in [1.82, 2.24) is 4.90 Å². The zero-order chi connectivity index (χ0) is 10.2. The van der Waals surface area contributed by atoms with Crippen LogP contribution < -0.4 is 0 Å². The van der Waals surface area contributed by atoms with Gasteiger partial charge in [0.25, 0.3) is 0 Å². The van der Waals surface area contributed by atoms with Crippen molar-refractivity contribution in [1.29, 1.82) is 0 Å². The fraction of sp³-hybridized carbons (Fsp3) is 0.778. The number of likely N-dealkylation sites (tertiary alicyclic amines) is 1. The lowest BCUT2D eigenvalue weighted by Gasteiger charge is -2.19. The van der Waals surface area contributed by atoms with Crippen LogP contribution in [-0.4, -0.2) is 28.6 Å². The Morgan fingerprint density at radius 1 is 1.46 bits per heavy atom. The van der Waals surface area contributed by atoms with Gasteiger partial charge in [-0.1, -0.05) is 13.8 Å². The normalized spacial score (nSPS) is 34.0. The smallest absolute Gasteiger partial charge is 0.244 e. The van der Waals surface area contributed by atoms with Crippen LogP contribution >= 0.6 is 11.6 Å². The maximum Gasteiger partial charge on any atom is 0.244 e. The molecule has 2 amide bonds. The quantitative estimate of drug-likeness (QED) is 0.602. The molecule has 1 fully saturated rings.